The summed E-state index contributed by atoms with van der Waals surface area (Å²) in [6.45, 7) is 3.94. The van der Waals surface area contributed by atoms with E-state index in [2.05, 4.69) is 15.9 Å². The molecular weight excluding hydrogens is 323 g/mol. The molecule has 0 aliphatic carbocycles. The van der Waals surface area contributed by atoms with Gasteiger partial charge in [0.15, 0.2) is 0 Å². The lowest BCUT2D eigenvalue weighted by molar-refractivity contribution is 0.199. The largest absolute Gasteiger partial charge is 0.489 e. The van der Waals surface area contributed by atoms with Crippen molar-refractivity contribution in [1.29, 1.82) is 0 Å². The molecule has 0 fully saturated rings. The molecule has 0 saturated carbocycles. The van der Waals surface area contributed by atoms with Crippen LogP contribution in [0, 0.1) is 12.7 Å². The number of aliphatic hydroxyl groups is 1. The van der Waals surface area contributed by atoms with Crippen LogP contribution in [0.15, 0.2) is 40.9 Å². The second-order valence-corrected chi connectivity index (χ2v) is 5.68. The van der Waals surface area contributed by atoms with Gasteiger partial charge in [-0.2, -0.15) is 0 Å². The van der Waals surface area contributed by atoms with Crippen LogP contribution in [0.5, 0.6) is 5.75 Å². The van der Waals surface area contributed by atoms with Crippen LogP contribution in [0.1, 0.15) is 29.7 Å². The lowest BCUT2D eigenvalue weighted by Gasteiger charge is -2.12. The minimum Gasteiger partial charge on any atom is -0.489 e. The number of hydrogen-bond acceptors (Lipinski definition) is 2. The molecule has 0 amide bonds. The highest BCUT2D eigenvalue weighted by Gasteiger charge is 2.06. The molecule has 2 rings (SSSR count). The second kappa shape index (κ2) is 6.37. The third-order valence-electron chi connectivity index (χ3n) is 3.00. The van der Waals surface area contributed by atoms with Crippen LogP contribution in [-0.2, 0) is 6.61 Å². The van der Waals surface area contributed by atoms with Gasteiger partial charge in [0.1, 0.15) is 18.2 Å². The smallest absolute Gasteiger partial charge is 0.124 e. The zero-order chi connectivity index (χ0) is 14.7. The summed E-state index contributed by atoms with van der Waals surface area (Å²) in [7, 11) is 0. The third kappa shape index (κ3) is 3.81. The first-order chi connectivity index (χ1) is 9.45. The SMILES string of the molecule is Cc1cc(C(C)O)ccc1OCc1cc(F)cc(Br)c1. The molecule has 0 aliphatic heterocycles. The fourth-order valence-electron chi connectivity index (χ4n) is 1.95. The first-order valence-corrected chi connectivity index (χ1v) is 7.11. The molecular formula is C16H16BrFO2. The fourth-order valence-corrected chi connectivity index (χ4v) is 2.46. The Morgan fingerprint density at radius 2 is 2.00 bits per heavy atom. The topological polar surface area (TPSA) is 29.5 Å². The van der Waals surface area contributed by atoms with Crippen LogP contribution >= 0.6 is 15.9 Å². The Balaban J connectivity index is 2.11. The van der Waals surface area contributed by atoms with Gasteiger partial charge in [-0.1, -0.05) is 22.0 Å². The zero-order valence-electron chi connectivity index (χ0n) is 11.4. The Morgan fingerprint density at radius 1 is 1.25 bits per heavy atom. The van der Waals surface area contributed by atoms with Crippen molar-refractivity contribution in [2.45, 2.75) is 26.6 Å². The number of hydrogen-bond donors (Lipinski definition) is 1. The van der Waals surface area contributed by atoms with E-state index in [4.69, 9.17) is 4.74 Å². The molecule has 0 radical (unpaired) electrons. The Bertz CT molecular complexity index is 591. The highest BCUT2D eigenvalue weighted by Crippen LogP contribution is 2.24. The van der Waals surface area contributed by atoms with Gasteiger partial charge >= 0.3 is 0 Å². The molecule has 1 unspecified atom stereocenters. The zero-order valence-corrected chi connectivity index (χ0v) is 12.9. The summed E-state index contributed by atoms with van der Waals surface area (Å²) >= 11 is 3.26. The molecule has 0 saturated heterocycles. The first-order valence-electron chi connectivity index (χ1n) is 6.32. The second-order valence-electron chi connectivity index (χ2n) is 4.77. The number of benzene rings is 2. The van der Waals surface area contributed by atoms with E-state index in [-0.39, 0.29) is 5.82 Å². The molecule has 0 aromatic heterocycles. The lowest BCUT2D eigenvalue weighted by Crippen LogP contribution is -1.99. The van der Waals surface area contributed by atoms with Gasteiger partial charge in [-0.15, -0.1) is 0 Å². The van der Waals surface area contributed by atoms with Crippen LogP contribution in [0.25, 0.3) is 0 Å². The summed E-state index contributed by atoms with van der Waals surface area (Å²) in [6, 6.07) is 10.2. The Hall–Kier alpha value is -1.39. The van der Waals surface area contributed by atoms with E-state index in [0.717, 1.165) is 22.4 Å². The van der Waals surface area contributed by atoms with Gasteiger partial charge < -0.3 is 9.84 Å². The number of aliphatic hydroxyl groups excluding tert-OH is 1. The highest BCUT2D eigenvalue weighted by atomic mass is 79.9. The summed E-state index contributed by atoms with van der Waals surface area (Å²) < 4.78 is 19.7. The normalized spacial score (nSPS) is 12.2. The predicted octanol–water partition coefficient (Wildman–Crippen LogP) is 4.53. The number of rotatable bonds is 4. The van der Waals surface area contributed by atoms with Crippen molar-refractivity contribution in [3.63, 3.8) is 0 Å². The highest BCUT2D eigenvalue weighted by molar-refractivity contribution is 9.10. The molecule has 2 nitrogen and oxygen atoms in total. The van der Waals surface area contributed by atoms with Crippen molar-refractivity contribution >= 4 is 15.9 Å². The Kier molecular flexibility index (Phi) is 4.78. The van der Waals surface area contributed by atoms with Crippen LogP contribution in [0.2, 0.25) is 0 Å². The van der Waals surface area contributed by atoms with Gasteiger partial charge in [-0.05, 0) is 60.9 Å². The molecule has 2 aromatic carbocycles. The summed E-state index contributed by atoms with van der Waals surface area (Å²) in [5, 5.41) is 9.52. The molecule has 0 bridgehead atoms. The molecule has 106 valence electrons. The molecule has 20 heavy (non-hydrogen) atoms. The standard InChI is InChI=1S/C16H16BrFO2/c1-10-5-13(11(2)19)3-4-16(10)20-9-12-6-14(17)8-15(18)7-12/h3-8,11,19H,9H2,1-2H3. The number of ether oxygens (including phenoxy) is 1. The number of halogens is 2. The molecule has 4 heteroatoms. The van der Waals surface area contributed by atoms with E-state index in [1.54, 1.807) is 6.92 Å². The van der Waals surface area contributed by atoms with Crippen molar-refractivity contribution < 1.29 is 14.2 Å². The number of aryl methyl sites for hydroxylation is 1. The van der Waals surface area contributed by atoms with E-state index in [9.17, 15) is 9.50 Å². The quantitative estimate of drug-likeness (QED) is 0.887. The van der Waals surface area contributed by atoms with Crippen molar-refractivity contribution in [1.82, 2.24) is 0 Å². The van der Waals surface area contributed by atoms with Gasteiger partial charge in [0.2, 0.25) is 0 Å². The molecule has 0 aliphatic rings. The predicted molar refractivity (Wildman–Crippen MR) is 80.2 cm³/mol. The minimum absolute atomic E-state index is 0.292. The van der Waals surface area contributed by atoms with Crippen LogP contribution < -0.4 is 4.74 Å². The van der Waals surface area contributed by atoms with E-state index in [1.807, 2.05) is 31.2 Å². The molecule has 2 aromatic rings. The summed E-state index contributed by atoms with van der Waals surface area (Å²) in [6.07, 6.45) is -0.498. The lowest BCUT2D eigenvalue weighted by atomic mass is 10.1. The summed E-state index contributed by atoms with van der Waals surface area (Å²) in [5.41, 5.74) is 2.55. The first kappa shape index (κ1) is 15.0. The Labute approximate surface area is 126 Å². The van der Waals surface area contributed by atoms with E-state index >= 15 is 0 Å². The van der Waals surface area contributed by atoms with E-state index < -0.39 is 6.10 Å². The van der Waals surface area contributed by atoms with Crippen LogP contribution in [0.3, 0.4) is 0 Å². The Morgan fingerprint density at radius 3 is 2.60 bits per heavy atom. The maximum absolute atomic E-state index is 13.3. The van der Waals surface area contributed by atoms with Gasteiger partial charge in [0.25, 0.3) is 0 Å². The summed E-state index contributed by atoms with van der Waals surface area (Å²) in [5.74, 6) is 0.439. The van der Waals surface area contributed by atoms with Crippen molar-refractivity contribution in [3.8, 4) is 5.75 Å². The van der Waals surface area contributed by atoms with Gasteiger partial charge in [0, 0.05) is 4.47 Å². The van der Waals surface area contributed by atoms with Gasteiger partial charge in [-0.3, -0.25) is 0 Å². The van der Waals surface area contributed by atoms with Crippen molar-refractivity contribution in [2.24, 2.45) is 0 Å². The monoisotopic (exact) mass is 338 g/mol. The maximum Gasteiger partial charge on any atom is 0.124 e. The van der Waals surface area contributed by atoms with Crippen LogP contribution in [-0.4, -0.2) is 5.11 Å². The molecule has 1 N–H and O–H groups in total. The van der Waals surface area contributed by atoms with Gasteiger partial charge in [0.05, 0.1) is 6.10 Å². The average Bonchev–Trinajstić information content (AvgIpc) is 2.36. The maximum atomic E-state index is 13.3. The minimum atomic E-state index is -0.498. The molecule has 0 heterocycles. The van der Waals surface area contributed by atoms with Crippen LogP contribution in [0.4, 0.5) is 4.39 Å². The summed E-state index contributed by atoms with van der Waals surface area (Å²) in [4.78, 5) is 0. The van der Waals surface area contributed by atoms with Crippen molar-refractivity contribution in [3.05, 3.63) is 63.4 Å². The molecule has 0 spiro atoms. The van der Waals surface area contributed by atoms with Crippen molar-refractivity contribution in [2.75, 3.05) is 0 Å². The third-order valence-corrected chi connectivity index (χ3v) is 3.46. The van der Waals surface area contributed by atoms with E-state index in [0.29, 0.717) is 11.1 Å². The van der Waals surface area contributed by atoms with Gasteiger partial charge in [-0.25, -0.2) is 4.39 Å². The van der Waals surface area contributed by atoms with E-state index in [1.165, 1.54) is 12.1 Å². The fraction of sp³-hybridized carbons (Fsp3) is 0.250. The molecule has 1 atom stereocenters. The average molecular weight is 339 g/mol.